The van der Waals surface area contributed by atoms with E-state index in [4.69, 9.17) is 5.73 Å². The highest BCUT2D eigenvalue weighted by Crippen LogP contribution is 2.30. The number of benzene rings is 2. The number of halogens is 2. The van der Waals surface area contributed by atoms with E-state index in [0.717, 1.165) is 15.5 Å². The van der Waals surface area contributed by atoms with Crippen LogP contribution in [0.4, 0.5) is 21.5 Å². The number of fused-ring (bicyclic) bond motifs is 1. The first-order valence-electron chi connectivity index (χ1n) is 6.00. The first-order valence-corrected chi connectivity index (χ1v) is 6.80. The van der Waals surface area contributed by atoms with Gasteiger partial charge in [0.2, 0.25) is 0 Å². The largest absolute Gasteiger partial charge is 0.397 e. The van der Waals surface area contributed by atoms with Crippen molar-refractivity contribution in [1.82, 2.24) is 4.98 Å². The summed E-state index contributed by atoms with van der Waals surface area (Å²) in [4.78, 5) is 4.25. The van der Waals surface area contributed by atoms with Crippen molar-refractivity contribution in [3.63, 3.8) is 0 Å². The lowest BCUT2D eigenvalue weighted by atomic mass is 10.1. The molecule has 0 saturated heterocycles. The first-order chi connectivity index (χ1) is 9.65. The Morgan fingerprint density at radius 2 is 1.95 bits per heavy atom. The monoisotopic (exact) mass is 331 g/mol. The van der Waals surface area contributed by atoms with E-state index >= 15 is 0 Å². The maximum Gasteiger partial charge on any atom is 0.146 e. The molecule has 3 nitrogen and oxygen atoms in total. The van der Waals surface area contributed by atoms with Crippen molar-refractivity contribution in [2.45, 2.75) is 0 Å². The van der Waals surface area contributed by atoms with Crippen LogP contribution >= 0.6 is 15.9 Å². The number of nitrogens with two attached hydrogens (primary N) is 1. The van der Waals surface area contributed by atoms with Crippen LogP contribution in [0.15, 0.2) is 53.1 Å². The van der Waals surface area contributed by atoms with E-state index in [2.05, 4.69) is 26.2 Å². The van der Waals surface area contributed by atoms with E-state index in [1.165, 1.54) is 6.07 Å². The number of nitrogen functional groups attached to an aromatic ring is 1. The van der Waals surface area contributed by atoms with Crippen LogP contribution in [0.3, 0.4) is 0 Å². The van der Waals surface area contributed by atoms with Gasteiger partial charge in [-0.3, -0.25) is 4.98 Å². The van der Waals surface area contributed by atoms with Crippen molar-refractivity contribution in [2.75, 3.05) is 11.1 Å². The quantitative estimate of drug-likeness (QED) is 0.681. The molecule has 0 aliphatic carbocycles. The third kappa shape index (κ3) is 2.32. The van der Waals surface area contributed by atoms with Crippen molar-refractivity contribution in [3.05, 3.63) is 59.0 Å². The van der Waals surface area contributed by atoms with Crippen LogP contribution in [0.2, 0.25) is 0 Å². The van der Waals surface area contributed by atoms with Crippen molar-refractivity contribution >= 4 is 43.9 Å². The van der Waals surface area contributed by atoms with Gasteiger partial charge in [-0.05, 0) is 30.3 Å². The Labute approximate surface area is 123 Å². The molecule has 3 aromatic rings. The number of aromatic nitrogens is 1. The minimum atomic E-state index is -0.318. The summed E-state index contributed by atoms with van der Waals surface area (Å²) in [6.07, 6.45) is 1.65. The van der Waals surface area contributed by atoms with Crippen molar-refractivity contribution in [2.24, 2.45) is 0 Å². The molecule has 1 aromatic heterocycles. The Bertz CT molecular complexity index is 789. The molecule has 0 unspecified atom stereocenters. The van der Waals surface area contributed by atoms with Crippen LogP contribution in [0.25, 0.3) is 10.9 Å². The van der Waals surface area contributed by atoms with E-state index in [-0.39, 0.29) is 5.82 Å². The Morgan fingerprint density at radius 1 is 1.10 bits per heavy atom. The van der Waals surface area contributed by atoms with Gasteiger partial charge in [0.1, 0.15) is 5.82 Å². The molecule has 0 amide bonds. The molecular formula is C15H11BrFN3. The SMILES string of the molecule is Nc1cccc2c(Nc3cc(Br)ccc3F)ccnc12. The Balaban J connectivity index is 2.11. The van der Waals surface area contributed by atoms with E-state index in [1.54, 1.807) is 30.5 Å². The molecule has 1 heterocycles. The second-order valence-electron chi connectivity index (χ2n) is 4.35. The lowest BCUT2D eigenvalue weighted by Gasteiger charge is -2.11. The minimum Gasteiger partial charge on any atom is -0.397 e. The lowest BCUT2D eigenvalue weighted by Crippen LogP contribution is -1.97. The highest BCUT2D eigenvalue weighted by atomic mass is 79.9. The number of nitrogens with one attached hydrogen (secondary N) is 1. The summed E-state index contributed by atoms with van der Waals surface area (Å²) < 4.78 is 14.6. The molecule has 0 radical (unpaired) electrons. The van der Waals surface area contributed by atoms with E-state index in [9.17, 15) is 4.39 Å². The number of rotatable bonds is 2. The molecule has 0 aliphatic heterocycles. The topological polar surface area (TPSA) is 50.9 Å². The fraction of sp³-hybridized carbons (Fsp3) is 0. The molecule has 0 bridgehead atoms. The summed E-state index contributed by atoms with van der Waals surface area (Å²) >= 11 is 3.33. The molecule has 3 rings (SSSR count). The van der Waals surface area contributed by atoms with E-state index in [0.29, 0.717) is 16.9 Å². The maximum absolute atomic E-state index is 13.8. The van der Waals surface area contributed by atoms with Gasteiger partial charge in [0.25, 0.3) is 0 Å². The van der Waals surface area contributed by atoms with Crippen LogP contribution < -0.4 is 11.1 Å². The van der Waals surface area contributed by atoms with E-state index in [1.807, 2.05) is 12.1 Å². The van der Waals surface area contributed by atoms with Gasteiger partial charge in [-0.25, -0.2) is 4.39 Å². The molecular weight excluding hydrogens is 321 g/mol. The van der Waals surface area contributed by atoms with Gasteiger partial charge in [0.05, 0.1) is 16.9 Å². The summed E-state index contributed by atoms with van der Waals surface area (Å²) in [5, 5.41) is 3.94. The predicted octanol–water partition coefficient (Wildman–Crippen LogP) is 4.46. The molecule has 0 saturated carbocycles. The smallest absolute Gasteiger partial charge is 0.146 e. The van der Waals surface area contributed by atoms with Gasteiger partial charge in [0.15, 0.2) is 0 Å². The lowest BCUT2D eigenvalue weighted by molar-refractivity contribution is 0.631. The molecule has 20 heavy (non-hydrogen) atoms. The highest BCUT2D eigenvalue weighted by Gasteiger charge is 2.07. The molecule has 100 valence electrons. The number of pyridine rings is 1. The van der Waals surface area contributed by atoms with Gasteiger partial charge in [-0.15, -0.1) is 0 Å². The molecule has 0 atom stereocenters. The van der Waals surface area contributed by atoms with Gasteiger partial charge in [0, 0.05) is 21.7 Å². The average molecular weight is 332 g/mol. The van der Waals surface area contributed by atoms with Crippen LogP contribution in [-0.4, -0.2) is 4.98 Å². The number of para-hydroxylation sites is 1. The zero-order chi connectivity index (χ0) is 14.1. The van der Waals surface area contributed by atoms with E-state index < -0.39 is 0 Å². The van der Waals surface area contributed by atoms with Crippen LogP contribution in [-0.2, 0) is 0 Å². The average Bonchev–Trinajstić information content (AvgIpc) is 2.44. The summed E-state index contributed by atoms with van der Waals surface area (Å²) in [5.74, 6) is -0.318. The second-order valence-corrected chi connectivity index (χ2v) is 5.27. The Kier molecular flexibility index (Phi) is 3.28. The normalized spacial score (nSPS) is 10.7. The summed E-state index contributed by atoms with van der Waals surface area (Å²) in [6.45, 7) is 0. The molecule has 0 spiro atoms. The fourth-order valence-corrected chi connectivity index (χ4v) is 2.41. The van der Waals surface area contributed by atoms with Crippen LogP contribution in [0, 0.1) is 5.82 Å². The standard InChI is InChI=1S/C15H11BrFN3/c16-9-4-5-11(17)14(8-9)20-13-6-7-19-15-10(13)2-1-3-12(15)18/h1-8H,18H2,(H,19,20). The van der Waals surface area contributed by atoms with Gasteiger partial charge < -0.3 is 11.1 Å². The van der Waals surface area contributed by atoms with Crippen molar-refractivity contribution < 1.29 is 4.39 Å². The minimum absolute atomic E-state index is 0.318. The Hall–Kier alpha value is -2.14. The Morgan fingerprint density at radius 3 is 2.80 bits per heavy atom. The zero-order valence-corrected chi connectivity index (χ0v) is 12.0. The summed E-state index contributed by atoms with van der Waals surface area (Å²) in [5.41, 5.74) is 8.36. The number of hydrogen-bond donors (Lipinski definition) is 2. The number of anilines is 3. The maximum atomic E-state index is 13.8. The fourth-order valence-electron chi connectivity index (χ4n) is 2.05. The third-order valence-corrected chi connectivity index (χ3v) is 3.49. The highest BCUT2D eigenvalue weighted by molar-refractivity contribution is 9.10. The molecule has 5 heteroatoms. The first kappa shape index (κ1) is 12.9. The van der Waals surface area contributed by atoms with Crippen molar-refractivity contribution in [1.29, 1.82) is 0 Å². The van der Waals surface area contributed by atoms with Gasteiger partial charge >= 0.3 is 0 Å². The summed E-state index contributed by atoms with van der Waals surface area (Å²) in [7, 11) is 0. The molecule has 2 aromatic carbocycles. The van der Waals surface area contributed by atoms with Crippen LogP contribution in [0.5, 0.6) is 0 Å². The van der Waals surface area contributed by atoms with Gasteiger partial charge in [-0.2, -0.15) is 0 Å². The van der Waals surface area contributed by atoms with Crippen LogP contribution in [0.1, 0.15) is 0 Å². The van der Waals surface area contributed by atoms with Gasteiger partial charge in [-0.1, -0.05) is 28.1 Å². The summed E-state index contributed by atoms with van der Waals surface area (Å²) in [6, 6.07) is 12.1. The molecule has 0 aliphatic rings. The predicted molar refractivity (Wildman–Crippen MR) is 83.5 cm³/mol. The molecule has 3 N–H and O–H groups in total. The van der Waals surface area contributed by atoms with Crippen molar-refractivity contribution in [3.8, 4) is 0 Å². The third-order valence-electron chi connectivity index (χ3n) is 3.00. The number of hydrogen-bond acceptors (Lipinski definition) is 3. The number of nitrogens with zero attached hydrogens (tertiary/aromatic N) is 1. The zero-order valence-electron chi connectivity index (χ0n) is 10.4. The molecule has 0 fully saturated rings. The second kappa shape index (κ2) is 5.09.